The van der Waals surface area contributed by atoms with Crippen LogP contribution < -0.4 is 10.2 Å². The van der Waals surface area contributed by atoms with Crippen molar-refractivity contribution in [3.63, 3.8) is 0 Å². The van der Waals surface area contributed by atoms with Crippen LogP contribution in [0.25, 0.3) is 0 Å². The molecule has 0 radical (unpaired) electrons. The minimum atomic E-state index is -1.06. The second kappa shape index (κ2) is 7.53. The van der Waals surface area contributed by atoms with Gasteiger partial charge in [-0.05, 0) is 42.8 Å². The summed E-state index contributed by atoms with van der Waals surface area (Å²) in [5.41, 5.74) is 1.61. The lowest BCUT2D eigenvalue weighted by molar-refractivity contribution is -0.120. The van der Waals surface area contributed by atoms with Crippen LogP contribution in [0.4, 0.5) is 20.2 Å². The van der Waals surface area contributed by atoms with E-state index in [1.165, 1.54) is 17.9 Å². The van der Waals surface area contributed by atoms with Gasteiger partial charge < -0.3 is 10.2 Å². The number of amides is 2. The normalized spacial score (nSPS) is 10.4. The average molecular weight is 397 g/mol. The summed E-state index contributed by atoms with van der Waals surface area (Å²) in [6.07, 6.45) is 0. The highest BCUT2D eigenvalue weighted by Gasteiger charge is 2.17. The van der Waals surface area contributed by atoms with Gasteiger partial charge in [0.1, 0.15) is 6.54 Å². The quantitative estimate of drug-likeness (QED) is 0.847. The van der Waals surface area contributed by atoms with Crippen molar-refractivity contribution in [2.45, 2.75) is 13.8 Å². The van der Waals surface area contributed by atoms with Crippen LogP contribution >= 0.6 is 15.9 Å². The number of rotatable bonds is 4. The van der Waals surface area contributed by atoms with Crippen molar-refractivity contribution in [2.24, 2.45) is 0 Å². The fraction of sp³-hybridized carbons (Fsp3) is 0.176. The van der Waals surface area contributed by atoms with Crippen molar-refractivity contribution in [3.8, 4) is 0 Å². The molecule has 0 aliphatic rings. The number of halogens is 3. The Morgan fingerprint density at radius 2 is 1.83 bits per heavy atom. The molecule has 0 bridgehead atoms. The number of benzene rings is 2. The molecule has 2 aromatic carbocycles. The van der Waals surface area contributed by atoms with Gasteiger partial charge in [0.05, 0.1) is 0 Å². The highest BCUT2D eigenvalue weighted by Crippen LogP contribution is 2.23. The fourth-order valence-corrected chi connectivity index (χ4v) is 2.35. The van der Waals surface area contributed by atoms with Crippen LogP contribution in [-0.2, 0) is 9.59 Å². The summed E-state index contributed by atoms with van der Waals surface area (Å²) in [6.45, 7) is 2.98. The van der Waals surface area contributed by atoms with Gasteiger partial charge in [0, 0.05) is 28.8 Å². The number of hydrogen-bond acceptors (Lipinski definition) is 2. The maximum absolute atomic E-state index is 13.2. The topological polar surface area (TPSA) is 49.4 Å². The Labute approximate surface area is 146 Å². The summed E-state index contributed by atoms with van der Waals surface area (Å²) < 4.78 is 27.0. The van der Waals surface area contributed by atoms with Gasteiger partial charge in [-0.15, -0.1) is 0 Å². The molecule has 0 fully saturated rings. The predicted octanol–water partition coefficient (Wildman–Crippen LogP) is 4.03. The second-order valence-corrected chi connectivity index (χ2v) is 6.07. The molecule has 2 rings (SSSR count). The van der Waals surface area contributed by atoms with E-state index in [4.69, 9.17) is 0 Å². The van der Waals surface area contributed by atoms with E-state index < -0.39 is 17.5 Å². The van der Waals surface area contributed by atoms with Crippen LogP contribution in [0, 0.1) is 18.6 Å². The number of carbonyl (C=O) groups is 2. The third kappa shape index (κ3) is 4.38. The molecule has 24 heavy (non-hydrogen) atoms. The first-order valence-electron chi connectivity index (χ1n) is 7.07. The van der Waals surface area contributed by atoms with Crippen molar-refractivity contribution in [1.82, 2.24) is 0 Å². The molecule has 1 N–H and O–H groups in total. The molecule has 126 valence electrons. The Morgan fingerprint density at radius 1 is 1.12 bits per heavy atom. The second-order valence-electron chi connectivity index (χ2n) is 5.22. The molecule has 0 unspecified atom stereocenters. The van der Waals surface area contributed by atoms with Crippen molar-refractivity contribution in [3.05, 3.63) is 58.1 Å². The number of hydrogen-bond donors (Lipinski definition) is 1. The molecule has 0 atom stereocenters. The van der Waals surface area contributed by atoms with E-state index in [2.05, 4.69) is 21.2 Å². The Hall–Kier alpha value is -2.28. The molecule has 0 spiro atoms. The van der Waals surface area contributed by atoms with Gasteiger partial charge in [-0.25, -0.2) is 8.78 Å². The van der Waals surface area contributed by atoms with Crippen LogP contribution in [0.1, 0.15) is 12.5 Å². The molecule has 0 saturated carbocycles. The molecule has 0 saturated heterocycles. The van der Waals surface area contributed by atoms with Gasteiger partial charge in [0.25, 0.3) is 0 Å². The molecule has 7 heteroatoms. The molecule has 2 aromatic rings. The Kier molecular flexibility index (Phi) is 5.66. The molecule has 4 nitrogen and oxygen atoms in total. The van der Waals surface area contributed by atoms with Gasteiger partial charge in [-0.1, -0.05) is 15.9 Å². The van der Waals surface area contributed by atoms with E-state index in [1.54, 1.807) is 18.2 Å². The first-order chi connectivity index (χ1) is 11.3. The number of carbonyl (C=O) groups excluding carboxylic acids is 2. The molecular weight excluding hydrogens is 382 g/mol. The molecule has 0 aromatic heterocycles. The number of nitrogens with one attached hydrogen (secondary N) is 1. The maximum atomic E-state index is 13.2. The van der Waals surface area contributed by atoms with Crippen LogP contribution in [0.15, 0.2) is 40.9 Å². The van der Waals surface area contributed by atoms with Crippen molar-refractivity contribution in [2.75, 3.05) is 16.8 Å². The first-order valence-corrected chi connectivity index (χ1v) is 7.86. The molecule has 0 aliphatic carbocycles. The monoisotopic (exact) mass is 396 g/mol. The standard InChI is InChI=1S/C17H15BrF2N2O2/c1-10-7-13(4-5-14(10)18)22(11(2)23)9-17(24)21-12-3-6-15(19)16(20)8-12/h3-8H,9H2,1-2H3,(H,21,24). The van der Waals surface area contributed by atoms with Gasteiger partial charge in [-0.3, -0.25) is 9.59 Å². The van der Waals surface area contributed by atoms with Crippen LogP contribution in [-0.4, -0.2) is 18.4 Å². The van der Waals surface area contributed by atoms with Crippen LogP contribution in [0.3, 0.4) is 0 Å². The van der Waals surface area contributed by atoms with Gasteiger partial charge in [0.15, 0.2) is 11.6 Å². The minimum Gasteiger partial charge on any atom is -0.324 e. The summed E-state index contributed by atoms with van der Waals surface area (Å²) in [4.78, 5) is 25.3. The predicted molar refractivity (Wildman–Crippen MR) is 91.9 cm³/mol. The van der Waals surface area contributed by atoms with Crippen LogP contribution in [0.5, 0.6) is 0 Å². The highest BCUT2D eigenvalue weighted by molar-refractivity contribution is 9.10. The minimum absolute atomic E-state index is 0.120. The summed E-state index contributed by atoms with van der Waals surface area (Å²) in [7, 11) is 0. The summed E-state index contributed by atoms with van der Waals surface area (Å²) >= 11 is 3.37. The van der Waals surface area contributed by atoms with E-state index in [0.29, 0.717) is 5.69 Å². The van der Waals surface area contributed by atoms with Gasteiger partial charge >= 0.3 is 0 Å². The summed E-state index contributed by atoms with van der Waals surface area (Å²) in [6, 6.07) is 8.33. The zero-order valence-electron chi connectivity index (χ0n) is 13.1. The molecule has 2 amide bonds. The lowest BCUT2D eigenvalue weighted by atomic mass is 10.2. The van der Waals surface area contributed by atoms with E-state index >= 15 is 0 Å². The zero-order valence-corrected chi connectivity index (χ0v) is 14.7. The van der Waals surface area contributed by atoms with E-state index in [0.717, 1.165) is 22.2 Å². The van der Waals surface area contributed by atoms with E-state index in [1.807, 2.05) is 6.92 Å². The van der Waals surface area contributed by atoms with Crippen molar-refractivity contribution >= 4 is 39.1 Å². The Morgan fingerprint density at radius 3 is 2.42 bits per heavy atom. The van der Waals surface area contributed by atoms with E-state index in [-0.39, 0.29) is 18.1 Å². The number of anilines is 2. The summed E-state index contributed by atoms with van der Waals surface area (Å²) in [5, 5.41) is 2.44. The number of aryl methyl sites for hydroxylation is 1. The maximum Gasteiger partial charge on any atom is 0.244 e. The third-order valence-electron chi connectivity index (χ3n) is 3.34. The third-order valence-corrected chi connectivity index (χ3v) is 4.23. The molecule has 0 aliphatic heterocycles. The lowest BCUT2D eigenvalue weighted by Crippen LogP contribution is -2.36. The SMILES string of the molecule is CC(=O)N(CC(=O)Nc1ccc(F)c(F)c1)c1ccc(Br)c(C)c1. The smallest absolute Gasteiger partial charge is 0.244 e. The fourth-order valence-electron chi connectivity index (χ4n) is 2.10. The zero-order chi connectivity index (χ0) is 17.9. The lowest BCUT2D eigenvalue weighted by Gasteiger charge is -2.21. The van der Waals surface area contributed by atoms with Gasteiger partial charge in [-0.2, -0.15) is 0 Å². The largest absolute Gasteiger partial charge is 0.324 e. The number of nitrogens with zero attached hydrogens (tertiary/aromatic N) is 1. The summed E-state index contributed by atoms with van der Waals surface area (Å²) in [5.74, 6) is -2.88. The first kappa shape index (κ1) is 18.1. The van der Waals surface area contributed by atoms with E-state index in [9.17, 15) is 18.4 Å². The van der Waals surface area contributed by atoms with Crippen molar-refractivity contribution in [1.29, 1.82) is 0 Å². The van der Waals surface area contributed by atoms with Gasteiger partial charge in [0.2, 0.25) is 11.8 Å². The molecule has 0 heterocycles. The van der Waals surface area contributed by atoms with Crippen molar-refractivity contribution < 1.29 is 18.4 Å². The Bertz CT molecular complexity index is 796. The average Bonchev–Trinajstić information content (AvgIpc) is 2.51. The highest BCUT2D eigenvalue weighted by atomic mass is 79.9. The Balaban J connectivity index is 2.15. The molecular formula is C17H15BrF2N2O2. The van der Waals surface area contributed by atoms with Crippen LogP contribution in [0.2, 0.25) is 0 Å².